The van der Waals surface area contributed by atoms with Crippen LogP contribution in [0.2, 0.25) is 0 Å². The molecule has 1 unspecified atom stereocenters. The summed E-state index contributed by atoms with van der Waals surface area (Å²) in [6.07, 6.45) is 1.32. The highest BCUT2D eigenvalue weighted by molar-refractivity contribution is 7.90. The van der Waals surface area contributed by atoms with Gasteiger partial charge in [-0.2, -0.15) is 5.26 Å². The lowest BCUT2D eigenvalue weighted by molar-refractivity contribution is -0.125. The first kappa shape index (κ1) is 14.9. The van der Waals surface area contributed by atoms with Gasteiger partial charge in [0.15, 0.2) is 5.25 Å². The first-order chi connectivity index (χ1) is 8.47. The zero-order valence-electron chi connectivity index (χ0n) is 10.7. The van der Waals surface area contributed by atoms with Gasteiger partial charge in [-0.15, -0.1) is 0 Å². The molecular formula is C11H19N3O3S. The largest absolute Gasteiger partial charge is 0.359 e. The van der Waals surface area contributed by atoms with Crippen LogP contribution in [-0.4, -0.2) is 44.0 Å². The van der Waals surface area contributed by atoms with Gasteiger partial charge in [0.2, 0.25) is 15.9 Å². The van der Waals surface area contributed by atoms with Crippen molar-refractivity contribution in [2.45, 2.75) is 31.4 Å². The molecule has 0 bridgehead atoms. The third-order valence-corrected chi connectivity index (χ3v) is 5.55. The standard InChI is InChI=1S/C11H19N3O3S/c1-3-10(8-12)18(16,17)14-6-4-9(5-7-14)11(15)13-2/h9-10H,3-7H2,1-2H3,(H,13,15). The minimum atomic E-state index is -3.54. The fourth-order valence-corrected chi connectivity index (χ4v) is 3.76. The van der Waals surface area contributed by atoms with Gasteiger partial charge in [-0.3, -0.25) is 4.79 Å². The van der Waals surface area contributed by atoms with Gasteiger partial charge < -0.3 is 5.32 Å². The highest BCUT2D eigenvalue weighted by Crippen LogP contribution is 2.22. The number of nitrogens with zero attached hydrogens (tertiary/aromatic N) is 2. The van der Waals surface area contributed by atoms with Crippen LogP contribution < -0.4 is 5.32 Å². The van der Waals surface area contributed by atoms with Gasteiger partial charge in [0, 0.05) is 26.1 Å². The molecule has 1 atom stereocenters. The quantitative estimate of drug-likeness (QED) is 0.785. The van der Waals surface area contributed by atoms with Crippen molar-refractivity contribution in [2.75, 3.05) is 20.1 Å². The van der Waals surface area contributed by atoms with Crippen LogP contribution in [0.25, 0.3) is 0 Å². The smallest absolute Gasteiger partial charge is 0.230 e. The lowest BCUT2D eigenvalue weighted by Crippen LogP contribution is -2.45. The van der Waals surface area contributed by atoms with E-state index in [0.717, 1.165) is 0 Å². The van der Waals surface area contributed by atoms with E-state index in [0.29, 0.717) is 25.9 Å². The maximum atomic E-state index is 12.1. The van der Waals surface area contributed by atoms with Crippen molar-refractivity contribution in [3.05, 3.63) is 0 Å². The number of carbonyl (C=O) groups excluding carboxylic acids is 1. The molecule has 1 fully saturated rings. The second kappa shape index (κ2) is 6.16. The van der Waals surface area contributed by atoms with Crippen LogP contribution in [0.1, 0.15) is 26.2 Å². The minimum Gasteiger partial charge on any atom is -0.359 e. The predicted octanol–water partition coefficient (Wildman–Crippen LogP) is 0.0764. The number of hydrogen-bond acceptors (Lipinski definition) is 4. The van der Waals surface area contributed by atoms with Gasteiger partial charge in [-0.05, 0) is 19.3 Å². The van der Waals surface area contributed by atoms with Crippen molar-refractivity contribution in [3.63, 3.8) is 0 Å². The molecule has 0 aromatic heterocycles. The van der Waals surface area contributed by atoms with Crippen LogP contribution in [0.5, 0.6) is 0 Å². The Kier molecular flexibility index (Phi) is 5.11. The molecule has 0 spiro atoms. The van der Waals surface area contributed by atoms with Crippen LogP contribution in [0.15, 0.2) is 0 Å². The van der Waals surface area contributed by atoms with Crippen molar-refractivity contribution in [1.82, 2.24) is 9.62 Å². The van der Waals surface area contributed by atoms with E-state index in [1.807, 2.05) is 6.07 Å². The monoisotopic (exact) mass is 273 g/mol. The zero-order chi connectivity index (χ0) is 13.8. The number of sulfonamides is 1. The molecule has 18 heavy (non-hydrogen) atoms. The average molecular weight is 273 g/mol. The van der Waals surface area contributed by atoms with Crippen LogP contribution in [0.3, 0.4) is 0 Å². The molecule has 0 saturated carbocycles. The van der Waals surface area contributed by atoms with Gasteiger partial charge in [-0.25, -0.2) is 12.7 Å². The SMILES string of the molecule is CCC(C#N)S(=O)(=O)N1CCC(C(=O)NC)CC1. The fraction of sp³-hybridized carbons (Fsp3) is 0.818. The lowest BCUT2D eigenvalue weighted by atomic mass is 9.97. The summed E-state index contributed by atoms with van der Waals surface area (Å²) in [6, 6.07) is 1.83. The van der Waals surface area contributed by atoms with E-state index in [-0.39, 0.29) is 18.2 Å². The van der Waals surface area contributed by atoms with Crippen molar-refractivity contribution in [2.24, 2.45) is 5.92 Å². The van der Waals surface area contributed by atoms with Crippen molar-refractivity contribution >= 4 is 15.9 Å². The molecule has 7 heteroatoms. The molecular weight excluding hydrogens is 254 g/mol. The summed E-state index contributed by atoms with van der Waals surface area (Å²) in [5.41, 5.74) is 0. The van der Waals surface area contributed by atoms with Crippen molar-refractivity contribution in [3.8, 4) is 6.07 Å². The van der Waals surface area contributed by atoms with E-state index < -0.39 is 15.3 Å². The lowest BCUT2D eigenvalue weighted by Gasteiger charge is -2.31. The Labute approximate surface area is 108 Å². The summed E-state index contributed by atoms with van der Waals surface area (Å²) in [5, 5.41) is 10.4. The van der Waals surface area contributed by atoms with Gasteiger partial charge in [0.25, 0.3) is 0 Å². The number of amides is 1. The third kappa shape index (κ3) is 3.00. The first-order valence-electron chi connectivity index (χ1n) is 6.07. The predicted molar refractivity (Wildman–Crippen MR) is 67.0 cm³/mol. The Bertz CT molecular complexity index is 433. The average Bonchev–Trinajstić information content (AvgIpc) is 2.39. The summed E-state index contributed by atoms with van der Waals surface area (Å²) in [7, 11) is -1.96. The van der Waals surface area contributed by atoms with E-state index in [1.54, 1.807) is 14.0 Å². The summed E-state index contributed by atoms with van der Waals surface area (Å²) >= 11 is 0. The summed E-state index contributed by atoms with van der Waals surface area (Å²) in [4.78, 5) is 11.4. The van der Waals surface area contributed by atoms with Gasteiger partial charge >= 0.3 is 0 Å². The number of nitriles is 1. The second-order valence-corrected chi connectivity index (χ2v) is 6.47. The molecule has 1 saturated heterocycles. The molecule has 102 valence electrons. The fourth-order valence-electron chi connectivity index (χ4n) is 2.13. The summed E-state index contributed by atoms with van der Waals surface area (Å²) in [6.45, 7) is 2.32. The third-order valence-electron chi connectivity index (χ3n) is 3.31. The number of rotatable bonds is 4. The Morgan fingerprint density at radius 3 is 2.44 bits per heavy atom. The Balaban J connectivity index is 2.69. The molecule has 0 aromatic carbocycles. The van der Waals surface area contributed by atoms with Gasteiger partial charge in [0.1, 0.15) is 0 Å². The molecule has 1 aliphatic heterocycles. The van der Waals surface area contributed by atoms with E-state index in [1.165, 1.54) is 4.31 Å². The van der Waals surface area contributed by atoms with Gasteiger partial charge in [0.05, 0.1) is 6.07 Å². The van der Waals surface area contributed by atoms with Crippen molar-refractivity contribution < 1.29 is 13.2 Å². The van der Waals surface area contributed by atoms with E-state index in [2.05, 4.69) is 5.32 Å². The van der Waals surface area contributed by atoms with Crippen LogP contribution in [0.4, 0.5) is 0 Å². The molecule has 0 aliphatic carbocycles. The molecule has 1 rings (SSSR count). The molecule has 6 nitrogen and oxygen atoms in total. The molecule has 0 radical (unpaired) electrons. The summed E-state index contributed by atoms with van der Waals surface area (Å²) < 4.78 is 25.5. The zero-order valence-corrected chi connectivity index (χ0v) is 11.5. The number of carbonyl (C=O) groups is 1. The normalized spacial score (nSPS) is 20.1. The number of nitrogens with one attached hydrogen (secondary N) is 1. The highest BCUT2D eigenvalue weighted by Gasteiger charge is 2.35. The maximum absolute atomic E-state index is 12.1. The van der Waals surface area contributed by atoms with E-state index in [9.17, 15) is 13.2 Å². The molecule has 0 aromatic rings. The second-order valence-electron chi connectivity index (χ2n) is 4.36. The molecule has 1 aliphatic rings. The Morgan fingerprint density at radius 2 is 2.06 bits per heavy atom. The van der Waals surface area contributed by atoms with E-state index in [4.69, 9.17) is 5.26 Å². The van der Waals surface area contributed by atoms with Crippen LogP contribution in [0, 0.1) is 17.2 Å². The molecule has 1 heterocycles. The number of hydrogen-bond donors (Lipinski definition) is 1. The van der Waals surface area contributed by atoms with Crippen LogP contribution >= 0.6 is 0 Å². The summed E-state index contributed by atoms with van der Waals surface area (Å²) in [5.74, 6) is -0.164. The molecule has 1 N–H and O–H groups in total. The van der Waals surface area contributed by atoms with Crippen molar-refractivity contribution in [1.29, 1.82) is 5.26 Å². The Morgan fingerprint density at radius 1 is 1.50 bits per heavy atom. The highest BCUT2D eigenvalue weighted by atomic mass is 32.2. The van der Waals surface area contributed by atoms with Gasteiger partial charge in [-0.1, -0.05) is 6.92 Å². The minimum absolute atomic E-state index is 0.0422. The van der Waals surface area contributed by atoms with Crippen LogP contribution in [-0.2, 0) is 14.8 Å². The number of piperidine rings is 1. The van der Waals surface area contributed by atoms with E-state index >= 15 is 0 Å². The maximum Gasteiger partial charge on any atom is 0.230 e. The topological polar surface area (TPSA) is 90.3 Å². The first-order valence-corrected chi connectivity index (χ1v) is 7.57. The molecule has 1 amide bonds. The Hall–Kier alpha value is -1.13.